The van der Waals surface area contributed by atoms with Gasteiger partial charge in [0.25, 0.3) is 11.6 Å². The zero-order chi connectivity index (χ0) is 15.6. The third-order valence-corrected chi connectivity index (χ3v) is 2.82. The van der Waals surface area contributed by atoms with Gasteiger partial charge in [0, 0.05) is 6.07 Å². The molecule has 0 radical (unpaired) electrons. The number of nitro groups is 1. The Morgan fingerprint density at radius 3 is 2.48 bits per heavy atom. The molecule has 0 aliphatic heterocycles. The zero-order valence-electron chi connectivity index (χ0n) is 10.1. The molecular weight excluding hydrogens is 308 g/mol. The molecule has 9 heteroatoms. The number of rotatable bonds is 3. The van der Waals surface area contributed by atoms with E-state index < -0.39 is 39.4 Å². The van der Waals surface area contributed by atoms with Crippen molar-refractivity contribution in [1.29, 1.82) is 0 Å². The Bertz CT molecular complexity index is 719. The van der Waals surface area contributed by atoms with E-state index in [1.807, 2.05) is 5.32 Å². The maximum absolute atomic E-state index is 13.4. The lowest BCUT2D eigenvalue weighted by atomic mass is 10.1. The number of benzene rings is 1. The lowest BCUT2D eigenvalue weighted by Crippen LogP contribution is -2.16. The molecule has 21 heavy (non-hydrogen) atoms. The van der Waals surface area contributed by atoms with Crippen LogP contribution in [0.3, 0.4) is 0 Å². The second-order valence-corrected chi connectivity index (χ2v) is 4.23. The number of hydrogen-bond acceptors (Lipinski definition) is 4. The lowest BCUT2D eigenvalue weighted by Gasteiger charge is -2.08. The summed E-state index contributed by atoms with van der Waals surface area (Å²) in [6.45, 7) is 0. The molecular formula is C12H6ClF2N3O3. The van der Waals surface area contributed by atoms with Crippen LogP contribution in [0.15, 0.2) is 30.6 Å². The van der Waals surface area contributed by atoms with E-state index >= 15 is 0 Å². The fraction of sp³-hybridized carbons (Fsp3) is 0. The predicted molar refractivity (Wildman–Crippen MR) is 70.2 cm³/mol. The summed E-state index contributed by atoms with van der Waals surface area (Å²) in [5.74, 6) is -3.33. The van der Waals surface area contributed by atoms with E-state index in [9.17, 15) is 23.7 Å². The third-order valence-electron chi connectivity index (χ3n) is 2.51. The first-order chi connectivity index (χ1) is 9.91. The normalized spacial score (nSPS) is 10.2. The van der Waals surface area contributed by atoms with Crippen LogP contribution in [0.25, 0.3) is 0 Å². The van der Waals surface area contributed by atoms with Gasteiger partial charge in [0.05, 0.1) is 22.3 Å². The predicted octanol–water partition coefficient (Wildman–Crippen LogP) is 3.17. The molecule has 0 saturated heterocycles. The SMILES string of the molecule is O=C(Nc1c(F)cncc1F)c1c(Cl)cccc1[N+](=O)[O-]. The van der Waals surface area contributed by atoms with Gasteiger partial charge in [0.2, 0.25) is 0 Å². The monoisotopic (exact) mass is 313 g/mol. The molecule has 0 atom stereocenters. The number of nitrogens with one attached hydrogen (secondary N) is 1. The molecule has 0 aliphatic carbocycles. The summed E-state index contributed by atoms with van der Waals surface area (Å²) >= 11 is 5.75. The lowest BCUT2D eigenvalue weighted by molar-refractivity contribution is -0.385. The molecule has 108 valence electrons. The second-order valence-electron chi connectivity index (χ2n) is 3.82. The summed E-state index contributed by atoms with van der Waals surface area (Å²) in [7, 11) is 0. The molecule has 0 unspecified atom stereocenters. The maximum atomic E-state index is 13.4. The van der Waals surface area contributed by atoms with Crippen LogP contribution >= 0.6 is 11.6 Å². The fourth-order valence-corrected chi connectivity index (χ4v) is 1.85. The second kappa shape index (κ2) is 5.80. The highest BCUT2D eigenvalue weighted by Gasteiger charge is 2.25. The summed E-state index contributed by atoms with van der Waals surface area (Å²) in [4.78, 5) is 25.3. The Morgan fingerprint density at radius 1 is 1.29 bits per heavy atom. The summed E-state index contributed by atoms with van der Waals surface area (Å²) in [6.07, 6.45) is 1.39. The van der Waals surface area contributed by atoms with Crippen LogP contribution in [-0.4, -0.2) is 15.8 Å². The topological polar surface area (TPSA) is 85.1 Å². The van der Waals surface area contributed by atoms with Crippen LogP contribution in [0.4, 0.5) is 20.2 Å². The zero-order valence-corrected chi connectivity index (χ0v) is 10.9. The van der Waals surface area contributed by atoms with Crippen molar-refractivity contribution in [3.8, 4) is 0 Å². The molecule has 2 aromatic rings. The van der Waals surface area contributed by atoms with Gasteiger partial charge in [0.1, 0.15) is 11.3 Å². The van der Waals surface area contributed by atoms with Crippen LogP contribution < -0.4 is 5.32 Å². The van der Waals surface area contributed by atoms with Crippen LogP contribution in [-0.2, 0) is 0 Å². The number of pyridine rings is 1. The van der Waals surface area contributed by atoms with Gasteiger partial charge in [-0.25, -0.2) is 8.78 Å². The van der Waals surface area contributed by atoms with E-state index in [2.05, 4.69) is 4.98 Å². The van der Waals surface area contributed by atoms with Gasteiger partial charge < -0.3 is 5.32 Å². The van der Waals surface area contributed by atoms with Gasteiger partial charge >= 0.3 is 0 Å². The van der Waals surface area contributed by atoms with Crippen LogP contribution in [0.5, 0.6) is 0 Å². The number of carbonyl (C=O) groups is 1. The van der Waals surface area contributed by atoms with Crippen LogP contribution in [0.2, 0.25) is 5.02 Å². The molecule has 0 saturated carbocycles. The standard InChI is InChI=1S/C12H6ClF2N3O3/c13-6-2-1-3-9(18(20)21)10(6)12(19)17-11-7(14)4-16-5-8(11)15/h1-5H,(H,16,17,19). The molecule has 0 aliphatic rings. The van der Waals surface area contributed by atoms with E-state index in [0.29, 0.717) is 12.4 Å². The minimum atomic E-state index is -1.11. The van der Waals surface area contributed by atoms with Crippen molar-refractivity contribution in [2.75, 3.05) is 5.32 Å². The van der Waals surface area contributed by atoms with Crippen molar-refractivity contribution in [3.05, 3.63) is 62.9 Å². The molecule has 1 heterocycles. The van der Waals surface area contributed by atoms with E-state index in [0.717, 1.165) is 6.07 Å². The molecule has 0 bridgehead atoms. The first kappa shape index (κ1) is 14.8. The Kier molecular flexibility index (Phi) is 4.08. The highest BCUT2D eigenvalue weighted by atomic mass is 35.5. The summed E-state index contributed by atoms with van der Waals surface area (Å²) in [6, 6.07) is 3.59. The first-order valence-corrected chi connectivity index (χ1v) is 5.83. The maximum Gasteiger partial charge on any atom is 0.283 e. The van der Waals surface area contributed by atoms with Crippen LogP contribution in [0, 0.1) is 21.7 Å². The van der Waals surface area contributed by atoms with Gasteiger partial charge in [-0.1, -0.05) is 17.7 Å². The van der Waals surface area contributed by atoms with Gasteiger partial charge in [-0.3, -0.25) is 19.9 Å². The van der Waals surface area contributed by atoms with Gasteiger partial charge in [-0.2, -0.15) is 0 Å². The average molecular weight is 314 g/mol. The van der Waals surface area contributed by atoms with E-state index in [-0.39, 0.29) is 5.02 Å². The number of hydrogen-bond donors (Lipinski definition) is 1. The summed E-state index contributed by atoms with van der Waals surface area (Å²) in [5.41, 5.74) is -1.82. The van der Waals surface area contributed by atoms with E-state index in [1.54, 1.807) is 0 Å². The Balaban J connectivity index is 2.45. The third kappa shape index (κ3) is 2.95. The highest BCUT2D eigenvalue weighted by Crippen LogP contribution is 2.28. The van der Waals surface area contributed by atoms with Gasteiger partial charge in [0.15, 0.2) is 11.6 Å². The minimum absolute atomic E-state index is 0.212. The minimum Gasteiger partial charge on any atom is -0.317 e. The Morgan fingerprint density at radius 2 is 1.90 bits per heavy atom. The number of halogens is 3. The van der Waals surface area contributed by atoms with Gasteiger partial charge in [-0.15, -0.1) is 0 Å². The van der Waals surface area contributed by atoms with Crippen LogP contribution in [0.1, 0.15) is 10.4 Å². The van der Waals surface area contributed by atoms with Gasteiger partial charge in [-0.05, 0) is 6.07 Å². The van der Waals surface area contributed by atoms with E-state index in [1.165, 1.54) is 12.1 Å². The molecule has 1 aromatic carbocycles. The molecule has 6 nitrogen and oxygen atoms in total. The molecule has 1 aromatic heterocycles. The fourth-order valence-electron chi connectivity index (χ4n) is 1.60. The molecule has 2 rings (SSSR count). The largest absolute Gasteiger partial charge is 0.317 e. The van der Waals surface area contributed by atoms with E-state index in [4.69, 9.17) is 11.6 Å². The molecule has 0 spiro atoms. The molecule has 0 fully saturated rings. The smallest absolute Gasteiger partial charge is 0.283 e. The number of amides is 1. The molecule has 1 N–H and O–H groups in total. The summed E-state index contributed by atoms with van der Waals surface area (Å²) < 4.78 is 26.8. The summed E-state index contributed by atoms with van der Waals surface area (Å²) in [5, 5.41) is 12.6. The number of nitrogens with zero attached hydrogens (tertiary/aromatic N) is 2. The van der Waals surface area contributed by atoms with Crippen molar-refractivity contribution in [1.82, 2.24) is 4.98 Å². The molecule has 1 amide bonds. The van der Waals surface area contributed by atoms with Crippen molar-refractivity contribution >= 4 is 28.9 Å². The quantitative estimate of drug-likeness (QED) is 0.696. The van der Waals surface area contributed by atoms with Crippen molar-refractivity contribution in [2.45, 2.75) is 0 Å². The number of aromatic nitrogens is 1. The Labute approximate surface area is 121 Å². The highest BCUT2D eigenvalue weighted by molar-refractivity contribution is 6.35. The Hall–Kier alpha value is -2.61. The van der Waals surface area contributed by atoms with Crippen molar-refractivity contribution in [2.24, 2.45) is 0 Å². The average Bonchev–Trinajstić information content (AvgIpc) is 2.42. The van der Waals surface area contributed by atoms with Crippen molar-refractivity contribution in [3.63, 3.8) is 0 Å². The number of nitro benzene ring substituents is 1. The first-order valence-electron chi connectivity index (χ1n) is 5.45. The van der Waals surface area contributed by atoms with Crippen molar-refractivity contribution < 1.29 is 18.5 Å². The number of anilines is 1. The number of carbonyl (C=O) groups excluding carboxylic acids is 1.